The van der Waals surface area contributed by atoms with Crippen LogP contribution in [0.5, 0.6) is 5.75 Å². The van der Waals surface area contributed by atoms with Gasteiger partial charge in [0.25, 0.3) is 10.0 Å². The van der Waals surface area contributed by atoms with E-state index in [0.717, 1.165) is 11.1 Å². The summed E-state index contributed by atoms with van der Waals surface area (Å²) in [5.74, 6) is 0.608. The molecule has 8 nitrogen and oxygen atoms in total. The van der Waals surface area contributed by atoms with Crippen LogP contribution in [0.3, 0.4) is 0 Å². The normalized spacial score (nSPS) is 12.2. The molecule has 1 heterocycles. The molecule has 0 spiro atoms. The number of hydrogen-bond donors (Lipinski definition) is 3. The summed E-state index contributed by atoms with van der Waals surface area (Å²) < 4.78 is 32.6. The molecule has 0 bridgehead atoms. The number of carbonyl (C=O) groups excluding carboxylic acids is 1. The molecule has 0 aliphatic heterocycles. The van der Waals surface area contributed by atoms with Crippen molar-refractivity contribution in [2.45, 2.75) is 31.2 Å². The Morgan fingerprint density at radius 1 is 1.00 bits per heavy atom. The third-order valence-electron chi connectivity index (χ3n) is 5.40. The van der Waals surface area contributed by atoms with Crippen LogP contribution in [0, 0.1) is 13.8 Å². The molecule has 3 aromatic carbocycles. The maximum absolute atomic E-state index is 13.0. The standard InChI is InChI=1S/C26H25N3O5S/c1-17-4-3-5-20(14-17)24(16-25(31)19-6-10-22(30)11-7-19)27-21-8-12-23(13-9-21)35(32,33)29-26-15-18(2)34-28-26/h3-15,24,27,30H,16H2,1-2H3,(H,28,29). The number of rotatable bonds is 9. The number of phenols is 1. The Balaban J connectivity index is 1.54. The van der Waals surface area contributed by atoms with E-state index < -0.39 is 10.0 Å². The summed E-state index contributed by atoms with van der Waals surface area (Å²) in [5, 5.41) is 16.5. The molecule has 0 radical (unpaired) electrons. The lowest BCUT2D eigenvalue weighted by molar-refractivity contribution is 0.0976. The highest BCUT2D eigenvalue weighted by molar-refractivity contribution is 7.92. The molecule has 0 aliphatic rings. The van der Waals surface area contributed by atoms with Gasteiger partial charge in [0.05, 0.1) is 10.9 Å². The van der Waals surface area contributed by atoms with E-state index >= 15 is 0 Å². The smallest absolute Gasteiger partial charge is 0.263 e. The van der Waals surface area contributed by atoms with Crippen LogP contribution < -0.4 is 10.0 Å². The van der Waals surface area contributed by atoms with E-state index in [1.165, 1.54) is 30.3 Å². The van der Waals surface area contributed by atoms with Gasteiger partial charge >= 0.3 is 0 Å². The zero-order valence-electron chi connectivity index (χ0n) is 19.2. The third kappa shape index (κ3) is 6.07. The Bertz CT molecular complexity index is 1430. The number of sulfonamides is 1. The van der Waals surface area contributed by atoms with Gasteiger partial charge in [0, 0.05) is 23.7 Å². The lowest BCUT2D eigenvalue weighted by Crippen LogP contribution is -2.16. The number of aryl methyl sites for hydroxylation is 2. The number of phenolic OH excluding ortho intramolecular Hbond substituents is 1. The van der Waals surface area contributed by atoms with Gasteiger partial charge in [0.2, 0.25) is 0 Å². The van der Waals surface area contributed by atoms with Gasteiger partial charge in [-0.2, -0.15) is 0 Å². The zero-order chi connectivity index (χ0) is 25.0. The molecule has 4 rings (SSSR count). The van der Waals surface area contributed by atoms with Crippen molar-refractivity contribution in [1.29, 1.82) is 0 Å². The molecule has 3 N–H and O–H groups in total. The van der Waals surface area contributed by atoms with Crippen molar-refractivity contribution in [3.63, 3.8) is 0 Å². The summed E-state index contributed by atoms with van der Waals surface area (Å²) in [7, 11) is -3.84. The highest BCUT2D eigenvalue weighted by Gasteiger charge is 2.19. The second kappa shape index (κ2) is 10.0. The summed E-state index contributed by atoms with van der Waals surface area (Å²) >= 11 is 0. The highest BCUT2D eigenvalue weighted by Crippen LogP contribution is 2.27. The summed E-state index contributed by atoms with van der Waals surface area (Å²) in [5.41, 5.74) is 3.14. The minimum atomic E-state index is -3.84. The number of carbonyl (C=O) groups is 1. The SMILES string of the molecule is Cc1cccc(C(CC(=O)c2ccc(O)cc2)Nc2ccc(S(=O)(=O)Nc3cc(C)on3)cc2)c1. The molecule has 1 aromatic heterocycles. The van der Waals surface area contributed by atoms with Crippen molar-refractivity contribution in [2.24, 2.45) is 0 Å². The molecule has 9 heteroatoms. The van der Waals surface area contributed by atoms with E-state index in [0.29, 0.717) is 17.0 Å². The average molecular weight is 492 g/mol. The minimum absolute atomic E-state index is 0.0657. The zero-order valence-corrected chi connectivity index (χ0v) is 20.0. The molecule has 35 heavy (non-hydrogen) atoms. The van der Waals surface area contributed by atoms with Crippen LogP contribution >= 0.6 is 0 Å². The Labute approximate surface area is 203 Å². The van der Waals surface area contributed by atoms with Crippen LogP contribution in [0.2, 0.25) is 0 Å². The topological polar surface area (TPSA) is 122 Å². The fourth-order valence-corrected chi connectivity index (χ4v) is 4.62. The molecule has 0 aliphatic carbocycles. The minimum Gasteiger partial charge on any atom is -0.508 e. The molecule has 0 fully saturated rings. The summed E-state index contributed by atoms with van der Waals surface area (Å²) in [6.07, 6.45) is 0.168. The maximum Gasteiger partial charge on any atom is 0.263 e. The van der Waals surface area contributed by atoms with Crippen molar-refractivity contribution in [3.05, 3.63) is 101 Å². The van der Waals surface area contributed by atoms with Crippen molar-refractivity contribution in [3.8, 4) is 5.75 Å². The highest BCUT2D eigenvalue weighted by atomic mass is 32.2. The van der Waals surface area contributed by atoms with Gasteiger partial charge < -0.3 is 14.9 Å². The number of anilines is 2. The number of Topliss-reactive ketones (excluding diaryl/α,β-unsaturated/α-hetero) is 1. The summed E-state index contributed by atoms with van der Waals surface area (Å²) in [6.45, 7) is 3.65. The van der Waals surface area contributed by atoms with Gasteiger partial charge in [-0.25, -0.2) is 8.42 Å². The number of nitrogens with one attached hydrogen (secondary N) is 2. The monoisotopic (exact) mass is 491 g/mol. The predicted octanol–water partition coefficient (Wildman–Crippen LogP) is 5.22. The van der Waals surface area contributed by atoms with Gasteiger partial charge in [0.1, 0.15) is 11.5 Å². The maximum atomic E-state index is 13.0. The third-order valence-corrected chi connectivity index (χ3v) is 6.77. The first kappa shape index (κ1) is 24.0. The van der Waals surface area contributed by atoms with Crippen LogP contribution in [0.4, 0.5) is 11.5 Å². The second-order valence-corrected chi connectivity index (χ2v) is 9.92. The van der Waals surface area contributed by atoms with Gasteiger partial charge in [-0.15, -0.1) is 0 Å². The molecular weight excluding hydrogens is 466 g/mol. The molecule has 180 valence electrons. The Morgan fingerprint density at radius 3 is 2.34 bits per heavy atom. The number of nitrogens with zero attached hydrogens (tertiary/aromatic N) is 1. The lowest BCUT2D eigenvalue weighted by atomic mass is 9.96. The second-order valence-electron chi connectivity index (χ2n) is 8.24. The number of benzene rings is 3. The molecule has 1 unspecified atom stereocenters. The van der Waals surface area contributed by atoms with Gasteiger partial charge in [0.15, 0.2) is 11.6 Å². The van der Waals surface area contributed by atoms with Crippen molar-refractivity contribution >= 4 is 27.3 Å². The van der Waals surface area contributed by atoms with Crippen molar-refractivity contribution in [1.82, 2.24) is 5.16 Å². The molecule has 0 amide bonds. The van der Waals surface area contributed by atoms with Crippen molar-refractivity contribution in [2.75, 3.05) is 10.0 Å². The van der Waals surface area contributed by atoms with Crippen LogP contribution in [-0.2, 0) is 10.0 Å². The molecule has 0 saturated carbocycles. The van der Waals surface area contributed by atoms with Crippen LogP contribution in [0.15, 0.2) is 88.3 Å². The van der Waals surface area contributed by atoms with E-state index in [-0.39, 0.29) is 34.7 Å². The Hall–Kier alpha value is -4.11. The number of hydrogen-bond acceptors (Lipinski definition) is 7. The Kier molecular flexibility index (Phi) is 6.88. The van der Waals surface area contributed by atoms with E-state index in [4.69, 9.17) is 4.52 Å². The quantitative estimate of drug-likeness (QED) is 0.274. The fourth-order valence-electron chi connectivity index (χ4n) is 3.63. The number of ketones is 1. The first-order valence-electron chi connectivity index (χ1n) is 10.9. The van der Waals surface area contributed by atoms with E-state index in [2.05, 4.69) is 15.2 Å². The van der Waals surface area contributed by atoms with Crippen LogP contribution in [-0.4, -0.2) is 24.5 Å². The summed E-state index contributed by atoms with van der Waals surface area (Å²) in [6, 6.07) is 21.4. The van der Waals surface area contributed by atoms with Crippen LogP contribution in [0.1, 0.15) is 39.7 Å². The van der Waals surface area contributed by atoms with Gasteiger partial charge in [-0.3, -0.25) is 9.52 Å². The molecule has 0 saturated heterocycles. The van der Waals surface area contributed by atoms with E-state index in [9.17, 15) is 18.3 Å². The van der Waals surface area contributed by atoms with E-state index in [1.807, 2.05) is 31.2 Å². The van der Waals surface area contributed by atoms with Gasteiger partial charge in [-0.1, -0.05) is 35.0 Å². The Morgan fingerprint density at radius 2 is 1.71 bits per heavy atom. The van der Waals surface area contributed by atoms with Gasteiger partial charge in [-0.05, 0) is 67.9 Å². The molecule has 4 aromatic rings. The lowest BCUT2D eigenvalue weighted by Gasteiger charge is -2.21. The first-order valence-corrected chi connectivity index (χ1v) is 12.4. The number of aromatic nitrogens is 1. The van der Waals surface area contributed by atoms with Crippen LogP contribution in [0.25, 0.3) is 0 Å². The number of aromatic hydroxyl groups is 1. The average Bonchev–Trinajstić information content (AvgIpc) is 3.23. The van der Waals surface area contributed by atoms with E-state index in [1.54, 1.807) is 31.2 Å². The molecule has 1 atom stereocenters. The first-order chi connectivity index (χ1) is 16.7. The largest absolute Gasteiger partial charge is 0.508 e. The molecular formula is C26H25N3O5S. The predicted molar refractivity (Wildman–Crippen MR) is 133 cm³/mol. The fraction of sp³-hybridized carbons (Fsp3) is 0.154. The summed E-state index contributed by atoms with van der Waals surface area (Å²) in [4.78, 5) is 13.0. The van der Waals surface area contributed by atoms with Crippen molar-refractivity contribution < 1.29 is 22.8 Å².